The molecule has 1 aromatic carbocycles. The molecule has 0 aliphatic heterocycles. The molecule has 1 aromatic heterocycles. The summed E-state index contributed by atoms with van der Waals surface area (Å²) in [5.41, 5.74) is 2.84. The van der Waals surface area contributed by atoms with Crippen LogP contribution in [0.2, 0.25) is 0 Å². The third-order valence-electron chi connectivity index (χ3n) is 4.10. The van der Waals surface area contributed by atoms with Gasteiger partial charge in [-0.1, -0.05) is 0 Å². The molecular formula is C17H19FN4. The summed E-state index contributed by atoms with van der Waals surface area (Å²) < 4.78 is 13.2. The van der Waals surface area contributed by atoms with Gasteiger partial charge in [-0.25, -0.2) is 9.37 Å². The molecule has 2 N–H and O–H groups in total. The van der Waals surface area contributed by atoms with Crippen molar-refractivity contribution < 1.29 is 4.39 Å². The zero-order chi connectivity index (χ0) is 15.1. The molecular weight excluding hydrogens is 279 g/mol. The normalized spacial score (nSPS) is 17.4. The molecule has 0 saturated heterocycles. The van der Waals surface area contributed by atoms with Crippen LogP contribution in [-0.4, -0.2) is 16.0 Å². The van der Waals surface area contributed by atoms with Crippen LogP contribution >= 0.6 is 0 Å². The van der Waals surface area contributed by atoms with Gasteiger partial charge < -0.3 is 10.6 Å². The van der Waals surface area contributed by atoms with E-state index in [1.54, 1.807) is 6.07 Å². The first-order valence-electron chi connectivity index (χ1n) is 7.86. The van der Waals surface area contributed by atoms with E-state index in [1.165, 1.54) is 37.8 Å². The van der Waals surface area contributed by atoms with Crippen molar-refractivity contribution in [1.82, 2.24) is 9.97 Å². The molecule has 1 heterocycles. The van der Waals surface area contributed by atoms with Crippen molar-refractivity contribution in [3.8, 4) is 0 Å². The van der Waals surface area contributed by atoms with Crippen LogP contribution in [0.5, 0.6) is 0 Å². The number of benzene rings is 1. The molecule has 2 fully saturated rings. The van der Waals surface area contributed by atoms with Gasteiger partial charge in [-0.2, -0.15) is 4.98 Å². The van der Waals surface area contributed by atoms with Gasteiger partial charge in [0.1, 0.15) is 11.6 Å². The third-order valence-corrected chi connectivity index (χ3v) is 4.10. The van der Waals surface area contributed by atoms with Gasteiger partial charge in [0, 0.05) is 23.7 Å². The molecule has 2 aliphatic rings. The Bertz CT molecular complexity index is 708. The smallest absolute Gasteiger partial charge is 0.225 e. The van der Waals surface area contributed by atoms with E-state index < -0.39 is 0 Å². The van der Waals surface area contributed by atoms with Crippen molar-refractivity contribution in [2.24, 2.45) is 0 Å². The highest BCUT2D eigenvalue weighted by molar-refractivity contribution is 5.61. The van der Waals surface area contributed by atoms with Gasteiger partial charge in [-0.3, -0.25) is 0 Å². The Labute approximate surface area is 129 Å². The molecule has 5 heteroatoms. The molecule has 2 saturated carbocycles. The summed E-state index contributed by atoms with van der Waals surface area (Å²) in [5.74, 6) is 1.82. The molecule has 0 spiro atoms. The van der Waals surface area contributed by atoms with E-state index in [2.05, 4.69) is 20.6 Å². The van der Waals surface area contributed by atoms with Crippen molar-refractivity contribution in [3.63, 3.8) is 0 Å². The molecule has 0 amide bonds. The van der Waals surface area contributed by atoms with Gasteiger partial charge in [-0.05, 0) is 56.4 Å². The number of hydrogen-bond acceptors (Lipinski definition) is 4. The minimum atomic E-state index is -0.222. The molecule has 4 nitrogen and oxygen atoms in total. The van der Waals surface area contributed by atoms with E-state index >= 15 is 0 Å². The maximum Gasteiger partial charge on any atom is 0.225 e. The Kier molecular flexibility index (Phi) is 3.21. The summed E-state index contributed by atoms with van der Waals surface area (Å²) in [6.07, 6.45) is 4.79. The van der Waals surface area contributed by atoms with Crippen LogP contribution < -0.4 is 10.6 Å². The minimum absolute atomic E-state index is 0.222. The van der Waals surface area contributed by atoms with Gasteiger partial charge in [0.25, 0.3) is 0 Å². The summed E-state index contributed by atoms with van der Waals surface area (Å²) in [7, 11) is 0. The Morgan fingerprint density at radius 1 is 1.09 bits per heavy atom. The Morgan fingerprint density at radius 2 is 1.91 bits per heavy atom. The van der Waals surface area contributed by atoms with Crippen molar-refractivity contribution >= 4 is 17.5 Å². The summed E-state index contributed by atoms with van der Waals surface area (Å²) in [4.78, 5) is 9.19. The lowest BCUT2D eigenvalue weighted by Gasteiger charge is -2.12. The predicted molar refractivity (Wildman–Crippen MR) is 85.1 cm³/mol. The quantitative estimate of drug-likeness (QED) is 0.872. The van der Waals surface area contributed by atoms with E-state index in [9.17, 15) is 4.39 Å². The number of rotatable bonds is 5. The van der Waals surface area contributed by atoms with Gasteiger partial charge >= 0.3 is 0 Å². The first-order chi connectivity index (χ1) is 10.7. The van der Waals surface area contributed by atoms with Gasteiger partial charge in [0.15, 0.2) is 0 Å². The summed E-state index contributed by atoms with van der Waals surface area (Å²) in [6, 6.07) is 7.27. The average molecular weight is 298 g/mol. The lowest BCUT2D eigenvalue weighted by molar-refractivity contribution is 0.627. The van der Waals surface area contributed by atoms with Crippen LogP contribution in [0.3, 0.4) is 0 Å². The van der Waals surface area contributed by atoms with E-state index in [-0.39, 0.29) is 5.82 Å². The van der Waals surface area contributed by atoms with E-state index in [4.69, 9.17) is 0 Å². The highest BCUT2D eigenvalue weighted by Gasteiger charge is 2.27. The van der Waals surface area contributed by atoms with Crippen molar-refractivity contribution in [2.45, 2.75) is 44.6 Å². The molecule has 2 aromatic rings. The van der Waals surface area contributed by atoms with Crippen LogP contribution in [0.4, 0.5) is 21.8 Å². The summed E-state index contributed by atoms with van der Waals surface area (Å²) >= 11 is 0. The fraction of sp³-hybridized carbons (Fsp3) is 0.412. The zero-order valence-electron chi connectivity index (χ0n) is 12.6. The molecule has 4 rings (SSSR count). The maximum atomic E-state index is 13.2. The van der Waals surface area contributed by atoms with E-state index in [0.29, 0.717) is 17.9 Å². The molecule has 114 valence electrons. The SMILES string of the molecule is Cc1cc(F)ccc1Nc1cc(C2CC2)nc(NC2CC2)n1. The number of aryl methyl sites for hydroxylation is 1. The largest absolute Gasteiger partial charge is 0.351 e. The standard InChI is InChI=1S/C17H19FN4/c1-10-8-12(18)4-7-14(10)20-16-9-15(11-2-3-11)21-17(22-16)19-13-5-6-13/h4,7-9,11,13H,2-3,5-6H2,1H3,(H2,19,20,21,22). The number of nitrogens with zero attached hydrogens (tertiary/aromatic N) is 2. The van der Waals surface area contributed by atoms with Crippen LogP contribution in [0.25, 0.3) is 0 Å². The summed E-state index contributed by atoms with van der Waals surface area (Å²) in [6.45, 7) is 1.89. The number of nitrogens with one attached hydrogen (secondary N) is 2. The van der Waals surface area contributed by atoms with E-state index in [1.807, 2.05) is 13.0 Å². The Morgan fingerprint density at radius 3 is 2.59 bits per heavy atom. The number of anilines is 3. The van der Waals surface area contributed by atoms with Crippen molar-refractivity contribution in [2.75, 3.05) is 10.6 Å². The van der Waals surface area contributed by atoms with Crippen LogP contribution in [-0.2, 0) is 0 Å². The molecule has 0 unspecified atom stereocenters. The lowest BCUT2D eigenvalue weighted by Crippen LogP contribution is -2.08. The summed E-state index contributed by atoms with van der Waals surface area (Å²) in [5, 5.41) is 6.67. The Hall–Kier alpha value is -2.17. The molecule has 0 atom stereocenters. The predicted octanol–water partition coefficient (Wildman–Crippen LogP) is 4.12. The van der Waals surface area contributed by atoms with Crippen molar-refractivity contribution in [3.05, 3.63) is 41.3 Å². The first kappa shape index (κ1) is 13.5. The molecule has 0 radical (unpaired) electrons. The van der Waals surface area contributed by atoms with Crippen LogP contribution in [0.1, 0.15) is 42.9 Å². The van der Waals surface area contributed by atoms with Crippen molar-refractivity contribution in [1.29, 1.82) is 0 Å². The number of hydrogen-bond donors (Lipinski definition) is 2. The second kappa shape index (κ2) is 5.23. The second-order valence-electron chi connectivity index (χ2n) is 6.28. The van der Waals surface area contributed by atoms with Gasteiger partial charge in [0.05, 0.1) is 5.69 Å². The Balaban J connectivity index is 1.62. The number of aromatic nitrogens is 2. The second-order valence-corrected chi connectivity index (χ2v) is 6.28. The van der Waals surface area contributed by atoms with E-state index in [0.717, 1.165) is 22.8 Å². The van der Waals surface area contributed by atoms with Gasteiger partial charge in [0.2, 0.25) is 5.95 Å². The van der Waals surface area contributed by atoms with Crippen LogP contribution in [0.15, 0.2) is 24.3 Å². The molecule has 22 heavy (non-hydrogen) atoms. The highest BCUT2D eigenvalue weighted by atomic mass is 19.1. The van der Waals surface area contributed by atoms with Crippen LogP contribution in [0, 0.1) is 12.7 Å². The maximum absolute atomic E-state index is 13.2. The fourth-order valence-electron chi connectivity index (χ4n) is 2.50. The first-order valence-corrected chi connectivity index (χ1v) is 7.86. The third kappa shape index (κ3) is 3.03. The highest BCUT2D eigenvalue weighted by Crippen LogP contribution is 2.40. The molecule has 0 bridgehead atoms. The lowest BCUT2D eigenvalue weighted by atomic mass is 10.2. The fourth-order valence-corrected chi connectivity index (χ4v) is 2.50. The minimum Gasteiger partial charge on any atom is -0.351 e. The monoisotopic (exact) mass is 298 g/mol. The number of halogens is 1. The zero-order valence-corrected chi connectivity index (χ0v) is 12.6. The molecule has 2 aliphatic carbocycles. The topological polar surface area (TPSA) is 49.8 Å². The van der Waals surface area contributed by atoms with Gasteiger partial charge in [-0.15, -0.1) is 0 Å². The average Bonchev–Trinajstić information content (AvgIpc) is 3.35.